The molecule has 0 saturated carbocycles. The first-order valence-corrected chi connectivity index (χ1v) is 13.9. The Morgan fingerprint density at radius 1 is 1.08 bits per heavy atom. The third-order valence-corrected chi connectivity index (χ3v) is 8.46. The van der Waals surface area contributed by atoms with Gasteiger partial charge in [0.15, 0.2) is 5.13 Å². The number of nitrogens with one attached hydrogen (secondary N) is 1. The molecule has 0 spiro atoms. The number of nitrogens with two attached hydrogens (primary N) is 1. The molecule has 2 fully saturated rings. The lowest BCUT2D eigenvalue weighted by Gasteiger charge is -2.36. The van der Waals surface area contributed by atoms with E-state index in [0.717, 1.165) is 37.4 Å². The fraction of sp³-hybridized carbons (Fsp3) is 0.462. The van der Waals surface area contributed by atoms with E-state index >= 15 is 0 Å². The maximum Gasteiger partial charge on any atom is 0.268 e. The van der Waals surface area contributed by atoms with E-state index in [-0.39, 0.29) is 38.2 Å². The predicted molar refractivity (Wildman–Crippen MR) is 149 cm³/mol. The Morgan fingerprint density at radius 2 is 1.87 bits per heavy atom. The summed E-state index contributed by atoms with van der Waals surface area (Å²) in [6.45, 7) is 7.31. The number of likely N-dealkylation sites (N-methyl/N-ethyl adjacent to an activating group) is 1. The van der Waals surface area contributed by atoms with Gasteiger partial charge in [0.05, 0.1) is 32.4 Å². The molecule has 2 saturated heterocycles. The van der Waals surface area contributed by atoms with Crippen molar-refractivity contribution < 1.29 is 13.2 Å². The number of rotatable bonds is 5. The number of hydrogen-bond donors (Lipinski definition) is 2. The fourth-order valence-corrected chi connectivity index (χ4v) is 6.13. The first-order chi connectivity index (χ1) is 18.8. The molecule has 6 rings (SSSR count). The van der Waals surface area contributed by atoms with E-state index in [1.54, 1.807) is 6.20 Å². The average Bonchev–Trinajstić information content (AvgIpc) is 3.34. The van der Waals surface area contributed by atoms with Crippen LogP contribution in [0.5, 0.6) is 0 Å². The Kier molecular flexibility index (Phi) is 6.89. The minimum atomic E-state index is -2.89. The van der Waals surface area contributed by atoms with Crippen LogP contribution in [0.4, 0.5) is 30.1 Å². The van der Waals surface area contributed by atoms with E-state index in [0.29, 0.717) is 48.9 Å². The molecule has 0 aliphatic carbocycles. The van der Waals surface area contributed by atoms with Crippen molar-refractivity contribution in [3.8, 4) is 11.3 Å². The average molecular weight is 558 g/mol. The van der Waals surface area contributed by atoms with Gasteiger partial charge in [-0.3, -0.25) is 4.98 Å². The summed E-state index contributed by atoms with van der Waals surface area (Å²) in [5, 5.41) is 4.13. The standard InChI is InChI=1S/C26H30F3N9S/c1-3-14-13-38(7-6-31-14)24-16-12-32-19(15-4-5-17(27)22-21(15)33-25(30)39-22)18(23(28)29)20(16)34-26(35-24)37-10-8-36(2)9-11-37/h4-5,12,14,23,31H,3,6-11,13H2,1-2H3,(H2,30,33). The van der Waals surface area contributed by atoms with Crippen LogP contribution < -0.4 is 20.9 Å². The van der Waals surface area contributed by atoms with Crippen molar-refractivity contribution in [1.82, 2.24) is 30.2 Å². The zero-order valence-corrected chi connectivity index (χ0v) is 22.6. The van der Waals surface area contributed by atoms with Crippen molar-refractivity contribution in [1.29, 1.82) is 0 Å². The van der Waals surface area contributed by atoms with Crippen LogP contribution in [0.15, 0.2) is 18.3 Å². The molecule has 206 valence electrons. The molecule has 5 heterocycles. The highest BCUT2D eigenvalue weighted by Gasteiger charge is 2.29. The molecule has 1 aromatic carbocycles. The topological polar surface area (TPSA) is 99.3 Å². The molecule has 1 atom stereocenters. The number of halogens is 3. The molecule has 39 heavy (non-hydrogen) atoms. The fourth-order valence-electron chi connectivity index (χ4n) is 5.37. The molecule has 3 N–H and O–H groups in total. The van der Waals surface area contributed by atoms with Crippen molar-refractivity contribution in [3.05, 3.63) is 29.7 Å². The second-order valence-electron chi connectivity index (χ2n) is 10.1. The van der Waals surface area contributed by atoms with Gasteiger partial charge in [0, 0.05) is 63.6 Å². The van der Waals surface area contributed by atoms with Crippen LogP contribution in [0.3, 0.4) is 0 Å². The first kappa shape index (κ1) is 26.0. The van der Waals surface area contributed by atoms with Gasteiger partial charge in [-0.25, -0.2) is 23.1 Å². The number of thiazole rings is 1. The molecule has 0 bridgehead atoms. The number of piperazine rings is 2. The summed E-state index contributed by atoms with van der Waals surface area (Å²) in [6.07, 6.45) is -0.387. The molecule has 1 unspecified atom stereocenters. The summed E-state index contributed by atoms with van der Waals surface area (Å²) >= 11 is 0.978. The Balaban J connectivity index is 1.59. The van der Waals surface area contributed by atoms with Crippen LogP contribution in [0.1, 0.15) is 25.3 Å². The summed E-state index contributed by atoms with van der Waals surface area (Å²) in [5.41, 5.74) is 6.24. The molecule has 3 aromatic heterocycles. The van der Waals surface area contributed by atoms with E-state index in [1.807, 2.05) is 0 Å². The van der Waals surface area contributed by atoms with Gasteiger partial charge in [0.2, 0.25) is 5.95 Å². The Labute approximate surface area is 227 Å². The highest BCUT2D eigenvalue weighted by atomic mass is 32.1. The number of benzene rings is 1. The third-order valence-electron chi connectivity index (χ3n) is 7.57. The van der Waals surface area contributed by atoms with Crippen LogP contribution in [-0.4, -0.2) is 83.7 Å². The predicted octanol–water partition coefficient (Wildman–Crippen LogP) is 3.90. The summed E-state index contributed by atoms with van der Waals surface area (Å²) in [5.74, 6) is 0.531. The van der Waals surface area contributed by atoms with Crippen LogP contribution in [-0.2, 0) is 0 Å². The van der Waals surface area contributed by atoms with Crippen molar-refractivity contribution in [2.75, 3.05) is 68.4 Å². The Morgan fingerprint density at radius 3 is 2.62 bits per heavy atom. The monoisotopic (exact) mass is 557 g/mol. The van der Waals surface area contributed by atoms with E-state index in [9.17, 15) is 13.2 Å². The van der Waals surface area contributed by atoms with Gasteiger partial charge >= 0.3 is 0 Å². The van der Waals surface area contributed by atoms with E-state index in [1.165, 1.54) is 12.1 Å². The van der Waals surface area contributed by atoms with E-state index < -0.39 is 12.2 Å². The minimum absolute atomic E-state index is 0.0218. The summed E-state index contributed by atoms with van der Waals surface area (Å²) in [6, 6.07) is 2.94. The molecule has 4 aromatic rings. The SMILES string of the molecule is CCC1CN(c2nc(N3CCN(C)CC3)nc3c(C(F)F)c(-c4ccc(F)c5sc(N)nc45)ncc23)CCN1. The summed E-state index contributed by atoms with van der Waals surface area (Å²) < 4.78 is 44.7. The zero-order chi connectivity index (χ0) is 27.3. The maximum atomic E-state index is 15.0. The highest BCUT2D eigenvalue weighted by Crippen LogP contribution is 2.41. The number of hydrogen-bond acceptors (Lipinski definition) is 10. The summed E-state index contributed by atoms with van der Waals surface area (Å²) in [7, 11) is 2.05. The largest absolute Gasteiger partial charge is 0.375 e. The van der Waals surface area contributed by atoms with Crippen LogP contribution in [0, 0.1) is 5.82 Å². The Hall–Kier alpha value is -3.29. The van der Waals surface area contributed by atoms with Crippen LogP contribution in [0.2, 0.25) is 0 Å². The second-order valence-corrected chi connectivity index (χ2v) is 11.1. The van der Waals surface area contributed by atoms with Gasteiger partial charge in [-0.15, -0.1) is 0 Å². The van der Waals surface area contributed by atoms with Gasteiger partial charge in [-0.2, -0.15) is 4.98 Å². The van der Waals surface area contributed by atoms with Crippen molar-refractivity contribution in [2.45, 2.75) is 25.8 Å². The van der Waals surface area contributed by atoms with E-state index in [4.69, 9.17) is 15.7 Å². The number of nitrogens with zero attached hydrogens (tertiary/aromatic N) is 7. The molecule has 13 heteroatoms. The zero-order valence-electron chi connectivity index (χ0n) is 21.8. The first-order valence-electron chi connectivity index (χ1n) is 13.1. The number of alkyl halides is 2. The number of aromatic nitrogens is 4. The third kappa shape index (κ3) is 4.72. The molecular weight excluding hydrogens is 527 g/mol. The number of nitrogen functional groups attached to an aromatic ring is 1. The van der Waals surface area contributed by atoms with Crippen LogP contribution >= 0.6 is 11.3 Å². The number of fused-ring (bicyclic) bond motifs is 2. The van der Waals surface area contributed by atoms with Gasteiger partial charge in [-0.05, 0) is 25.6 Å². The van der Waals surface area contributed by atoms with Crippen molar-refractivity contribution >= 4 is 49.4 Å². The summed E-state index contributed by atoms with van der Waals surface area (Å²) in [4.78, 5) is 24.9. The maximum absolute atomic E-state index is 15.0. The Bertz CT molecular complexity index is 1520. The van der Waals surface area contributed by atoms with Gasteiger partial charge in [0.1, 0.15) is 11.6 Å². The van der Waals surface area contributed by atoms with Crippen molar-refractivity contribution in [2.24, 2.45) is 0 Å². The number of pyridine rings is 1. The molecular formula is C26H30F3N9S. The number of anilines is 3. The lowest BCUT2D eigenvalue weighted by atomic mass is 10.0. The van der Waals surface area contributed by atoms with Gasteiger partial charge < -0.3 is 25.8 Å². The quantitative estimate of drug-likeness (QED) is 0.379. The lowest BCUT2D eigenvalue weighted by Crippen LogP contribution is -2.51. The second kappa shape index (κ2) is 10.4. The molecule has 2 aliphatic rings. The molecule has 9 nitrogen and oxygen atoms in total. The van der Waals surface area contributed by atoms with E-state index in [2.05, 4.69) is 44.0 Å². The lowest BCUT2D eigenvalue weighted by molar-refractivity contribution is 0.153. The molecule has 2 aliphatic heterocycles. The van der Waals surface area contributed by atoms with Crippen molar-refractivity contribution in [3.63, 3.8) is 0 Å². The van der Waals surface area contributed by atoms with Gasteiger partial charge in [0.25, 0.3) is 6.43 Å². The minimum Gasteiger partial charge on any atom is -0.375 e. The highest BCUT2D eigenvalue weighted by molar-refractivity contribution is 7.22. The van der Waals surface area contributed by atoms with Gasteiger partial charge in [-0.1, -0.05) is 18.3 Å². The smallest absolute Gasteiger partial charge is 0.268 e. The normalized spacial score (nSPS) is 19.1. The molecule has 0 radical (unpaired) electrons. The molecule has 0 amide bonds. The van der Waals surface area contributed by atoms with Crippen LogP contribution in [0.25, 0.3) is 32.4 Å².